The number of nitrogen functional groups attached to an aromatic ring is 1. The summed E-state index contributed by atoms with van der Waals surface area (Å²) < 4.78 is 2.02. The summed E-state index contributed by atoms with van der Waals surface area (Å²) in [6, 6.07) is 2.26. The van der Waals surface area contributed by atoms with E-state index in [1.165, 1.54) is 12.4 Å². The third kappa shape index (κ3) is 2.66. The molecule has 1 saturated heterocycles. The minimum Gasteiger partial charge on any atom is -0.382 e. The Morgan fingerprint density at radius 3 is 2.77 bits per heavy atom. The minimum atomic E-state index is -0.156. The van der Waals surface area contributed by atoms with E-state index in [4.69, 9.17) is 5.73 Å². The van der Waals surface area contributed by atoms with E-state index in [9.17, 15) is 4.79 Å². The van der Waals surface area contributed by atoms with Gasteiger partial charge in [-0.15, -0.1) is 0 Å². The molecule has 1 amide bonds. The highest BCUT2D eigenvalue weighted by Gasteiger charge is 2.28. The molecule has 1 atom stereocenters. The Hall–Kier alpha value is -2.44. The second-order valence-electron chi connectivity index (χ2n) is 5.71. The number of carbonyl (C=O) groups excluding carboxylic acids is 1. The van der Waals surface area contributed by atoms with Crippen LogP contribution in [0.5, 0.6) is 0 Å². The Balaban J connectivity index is 1.80. The summed E-state index contributed by atoms with van der Waals surface area (Å²) in [6.45, 7) is 5.36. The van der Waals surface area contributed by atoms with Crippen LogP contribution in [-0.2, 0) is 0 Å². The molecule has 0 spiro atoms. The van der Waals surface area contributed by atoms with Gasteiger partial charge in [0.1, 0.15) is 0 Å². The smallest absolute Gasteiger partial charge is 0.276 e. The summed E-state index contributed by atoms with van der Waals surface area (Å²) in [5.74, 6) is 0.0255. The molecule has 2 aromatic rings. The zero-order valence-corrected chi connectivity index (χ0v) is 12.9. The van der Waals surface area contributed by atoms with Crippen molar-refractivity contribution in [3.05, 3.63) is 35.5 Å². The Bertz CT molecular complexity index is 695. The van der Waals surface area contributed by atoms with Gasteiger partial charge in [-0.3, -0.25) is 9.48 Å². The van der Waals surface area contributed by atoms with Gasteiger partial charge >= 0.3 is 0 Å². The molecule has 1 unspecified atom stereocenters. The van der Waals surface area contributed by atoms with E-state index < -0.39 is 0 Å². The van der Waals surface area contributed by atoms with E-state index in [0.29, 0.717) is 13.1 Å². The number of amides is 1. The van der Waals surface area contributed by atoms with Crippen LogP contribution in [0, 0.1) is 13.8 Å². The highest BCUT2D eigenvalue weighted by Crippen LogP contribution is 2.24. The van der Waals surface area contributed by atoms with Gasteiger partial charge in [-0.25, -0.2) is 9.97 Å². The van der Waals surface area contributed by atoms with Crippen molar-refractivity contribution >= 4 is 11.7 Å². The number of aromatic nitrogens is 4. The SMILES string of the molecule is Cc1cc(C)n(C2CCCN(C(=O)c3nccnc3N)C2)n1. The van der Waals surface area contributed by atoms with E-state index in [2.05, 4.69) is 21.1 Å². The lowest BCUT2D eigenvalue weighted by molar-refractivity contribution is 0.0666. The predicted octanol–water partition coefficient (Wildman–Crippen LogP) is 1.35. The van der Waals surface area contributed by atoms with Crippen LogP contribution >= 0.6 is 0 Å². The molecular weight excluding hydrogens is 280 g/mol. The van der Waals surface area contributed by atoms with Gasteiger partial charge in [0.05, 0.1) is 11.7 Å². The number of aryl methyl sites for hydroxylation is 2. The topological polar surface area (TPSA) is 89.9 Å². The van der Waals surface area contributed by atoms with Gasteiger partial charge in [0.2, 0.25) is 0 Å². The maximum absolute atomic E-state index is 12.6. The Kier molecular flexibility index (Phi) is 3.79. The number of nitrogens with zero attached hydrogens (tertiary/aromatic N) is 5. The Morgan fingerprint density at radius 2 is 2.09 bits per heavy atom. The molecule has 7 heteroatoms. The zero-order chi connectivity index (χ0) is 15.7. The summed E-state index contributed by atoms with van der Waals surface area (Å²) in [7, 11) is 0. The largest absolute Gasteiger partial charge is 0.382 e. The molecule has 3 rings (SSSR count). The predicted molar refractivity (Wildman–Crippen MR) is 82.3 cm³/mol. The van der Waals surface area contributed by atoms with Crippen LogP contribution in [0.4, 0.5) is 5.82 Å². The molecule has 7 nitrogen and oxygen atoms in total. The third-order valence-electron chi connectivity index (χ3n) is 4.00. The minimum absolute atomic E-state index is 0.156. The molecule has 0 aromatic carbocycles. The van der Waals surface area contributed by atoms with Crippen molar-refractivity contribution in [2.45, 2.75) is 32.7 Å². The number of hydrogen-bond acceptors (Lipinski definition) is 5. The van der Waals surface area contributed by atoms with Crippen LogP contribution in [0.25, 0.3) is 0 Å². The van der Waals surface area contributed by atoms with Gasteiger partial charge in [0.15, 0.2) is 11.5 Å². The molecule has 3 heterocycles. The van der Waals surface area contributed by atoms with Gasteiger partial charge in [0, 0.05) is 31.2 Å². The van der Waals surface area contributed by atoms with E-state index in [1.807, 2.05) is 18.5 Å². The van der Waals surface area contributed by atoms with E-state index >= 15 is 0 Å². The molecule has 116 valence electrons. The van der Waals surface area contributed by atoms with Crippen LogP contribution in [-0.4, -0.2) is 43.6 Å². The van der Waals surface area contributed by atoms with Gasteiger partial charge in [0.25, 0.3) is 5.91 Å². The molecule has 2 aromatic heterocycles. The molecule has 2 N–H and O–H groups in total. The van der Waals surface area contributed by atoms with E-state index in [1.54, 1.807) is 4.90 Å². The van der Waals surface area contributed by atoms with Gasteiger partial charge in [-0.05, 0) is 32.8 Å². The van der Waals surface area contributed by atoms with Crippen molar-refractivity contribution in [2.75, 3.05) is 18.8 Å². The molecule has 0 bridgehead atoms. The first-order valence-electron chi connectivity index (χ1n) is 7.45. The van der Waals surface area contributed by atoms with Crippen molar-refractivity contribution in [3.8, 4) is 0 Å². The standard InChI is InChI=1S/C15H20N6O/c1-10-8-11(2)21(19-10)12-4-3-7-20(9-12)15(22)13-14(16)18-6-5-17-13/h5-6,8,12H,3-4,7,9H2,1-2H3,(H2,16,18). The second kappa shape index (κ2) is 5.75. The van der Waals surface area contributed by atoms with Crippen LogP contribution in [0.3, 0.4) is 0 Å². The average molecular weight is 300 g/mol. The van der Waals surface area contributed by atoms with Crippen LogP contribution < -0.4 is 5.73 Å². The number of rotatable bonds is 2. The summed E-state index contributed by atoms with van der Waals surface area (Å²) in [5, 5.41) is 4.54. The highest BCUT2D eigenvalue weighted by molar-refractivity contribution is 5.96. The molecular formula is C15H20N6O. The van der Waals surface area contributed by atoms with Crippen molar-refractivity contribution in [3.63, 3.8) is 0 Å². The number of hydrogen-bond donors (Lipinski definition) is 1. The number of carbonyl (C=O) groups is 1. The molecule has 0 radical (unpaired) electrons. The zero-order valence-electron chi connectivity index (χ0n) is 12.9. The van der Waals surface area contributed by atoms with Gasteiger partial charge < -0.3 is 10.6 Å². The summed E-state index contributed by atoms with van der Waals surface area (Å²) in [5.41, 5.74) is 8.12. The monoisotopic (exact) mass is 300 g/mol. The molecule has 1 fully saturated rings. The molecule has 0 aliphatic carbocycles. The molecule has 1 aliphatic heterocycles. The maximum Gasteiger partial charge on any atom is 0.276 e. The van der Waals surface area contributed by atoms with E-state index in [0.717, 1.165) is 24.2 Å². The Morgan fingerprint density at radius 1 is 1.32 bits per heavy atom. The molecule has 22 heavy (non-hydrogen) atoms. The lowest BCUT2D eigenvalue weighted by Gasteiger charge is -2.33. The number of nitrogens with two attached hydrogens (primary N) is 1. The second-order valence-corrected chi connectivity index (χ2v) is 5.71. The van der Waals surface area contributed by atoms with Gasteiger partial charge in [-0.1, -0.05) is 0 Å². The first kappa shape index (κ1) is 14.5. The Labute approximate surface area is 129 Å². The van der Waals surface area contributed by atoms with Crippen molar-refractivity contribution in [1.82, 2.24) is 24.6 Å². The normalized spacial score (nSPS) is 18.5. The number of anilines is 1. The summed E-state index contributed by atoms with van der Waals surface area (Å²) in [6.07, 6.45) is 4.93. The van der Waals surface area contributed by atoms with Crippen molar-refractivity contribution in [2.24, 2.45) is 0 Å². The fourth-order valence-corrected chi connectivity index (χ4v) is 3.02. The fraction of sp³-hybridized carbons (Fsp3) is 0.467. The fourth-order valence-electron chi connectivity index (χ4n) is 3.02. The first-order valence-corrected chi connectivity index (χ1v) is 7.45. The van der Waals surface area contributed by atoms with Crippen LogP contribution in [0.1, 0.15) is 40.8 Å². The summed E-state index contributed by atoms with van der Waals surface area (Å²) >= 11 is 0. The maximum atomic E-state index is 12.6. The number of piperidine rings is 1. The average Bonchev–Trinajstić information content (AvgIpc) is 2.86. The van der Waals surface area contributed by atoms with Crippen LogP contribution in [0.15, 0.2) is 18.5 Å². The number of likely N-dealkylation sites (tertiary alicyclic amines) is 1. The van der Waals surface area contributed by atoms with Crippen LogP contribution in [0.2, 0.25) is 0 Å². The van der Waals surface area contributed by atoms with Gasteiger partial charge in [-0.2, -0.15) is 5.10 Å². The van der Waals surface area contributed by atoms with Crippen molar-refractivity contribution < 1.29 is 4.79 Å². The third-order valence-corrected chi connectivity index (χ3v) is 4.00. The van der Waals surface area contributed by atoms with E-state index in [-0.39, 0.29) is 23.5 Å². The quantitative estimate of drug-likeness (QED) is 0.904. The highest BCUT2D eigenvalue weighted by atomic mass is 16.2. The lowest BCUT2D eigenvalue weighted by Crippen LogP contribution is -2.41. The summed E-state index contributed by atoms with van der Waals surface area (Å²) in [4.78, 5) is 22.4. The molecule has 1 aliphatic rings. The first-order chi connectivity index (χ1) is 10.6. The lowest BCUT2D eigenvalue weighted by atomic mass is 10.1. The van der Waals surface area contributed by atoms with Crippen molar-refractivity contribution in [1.29, 1.82) is 0 Å². The molecule has 0 saturated carbocycles.